The molecule has 180 valence electrons. The van der Waals surface area contributed by atoms with Gasteiger partial charge in [-0.05, 0) is 54.6 Å². The molecule has 1 unspecified atom stereocenters. The van der Waals surface area contributed by atoms with E-state index in [-0.39, 0.29) is 0 Å². The van der Waals surface area contributed by atoms with Gasteiger partial charge in [-0.15, -0.1) is 0 Å². The van der Waals surface area contributed by atoms with Gasteiger partial charge in [0.05, 0.1) is 8.07 Å². The Kier molecular flexibility index (Phi) is 6.46. The van der Waals surface area contributed by atoms with E-state index in [0.29, 0.717) is 12.1 Å². The smallest absolute Gasteiger partial charge is 0.126 e. The van der Waals surface area contributed by atoms with E-state index in [9.17, 15) is 0 Å². The second-order valence-corrected chi connectivity index (χ2v) is 15.2. The van der Waals surface area contributed by atoms with Gasteiger partial charge >= 0.3 is 0 Å². The number of rotatable bonds is 7. The monoisotopic (exact) mass is 479 g/mol. The molecule has 1 aliphatic carbocycles. The first-order valence-corrected chi connectivity index (χ1v) is 16.0. The minimum atomic E-state index is -2.09. The zero-order valence-corrected chi connectivity index (χ0v) is 22.6. The van der Waals surface area contributed by atoms with Crippen molar-refractivity contribution in [3.05, 3.63) is 102 Å². The van der Waals surface area contributed by atoms with E-state index in [1.165, 1.54) is 64.6 Å². The summed E-state index contributed by atoms with van der Waals surface area (Å²) < 4.78 is 6.51. The molecule has 0 bridgehead atoms. The summed E-state index contributed by atoms with van der Waals surface area (Å²) in [7, 11) is -2.09. The van der Waals surface area contributed by atoms with Crippen LogP contribution in [0.2, 0.25) is 13.1 Å². The second kappa shape index (κ2) is 9.54. The quantitative estimate of drug-likeness (QED) is 0.260. The molecular weight excluding hydrogens is 442 g/mol. The summed E-state index contributed by atoms with van der Waals surface area (Å²) in [6.07, 6.45) is 4.44. The van der Waals surface area contributed by atoms with Crippen LogP contribution in [0.4, 0.5) is 0 Å². The highest BCUT2D eigenvalue weighted by Gasteiger charge is 2.45. The van der Waals surface area contributed by atoms with Crippen LogP contribution in [-0.2, 0) is 0 Å². The van der Waals surface area contributed by atoms with E-state index in [0.717, 1.165) is 5.75 Å². The topological polar surface area (TPSA) is 12.5 Å². The Hall–Kier alpha value is -3.04. The number of ether oxygens (including phenoxy) is 1. The highest BCUT2D eigenvalue weighted by Crippen LogP contribution is 2.49. The van der Waals surface area contributed by atoms with Crippen LogP contribution in [0, 0.1) is 6.92 Å². The Morgan fingerprint density at radius 1 is 0.943 bits per heavy atom. The van der Waals surface area contributed by atoms with Gasteiger partial charge in [0.2, 0.25) is 0 Å². The lowest BCUT2D eigenvalue weighted by atomic mass is 10.0. The Morgan fingerprint density at radius 3 is 2.34 bits per heavy atom. The largest absolute Gasteiger partial charge is 0.489 e. The van der Waals surface area contributed by atoms with Gasteiger partial charge in [-0.1, -0.05) is 92.0 Å². The fourth-order valence-corrected chi connectivity index (χ4v) is 10.3. The average molecular weight is 480 g/mol. The summed E-state index contributed by atoms with van der Waals surface area (Å²) in [5.74, 6) is 1.04. The summed E-state index contributed by atoms with van der Waals surface area (Å²) in [6.45, 7) is 16.5. The molecule has 1 atom stereocenters. The Morgan fingerprint density at radius 2 is 1.63 bits per heavy atom. The van der Waals surface area contributed by atoms with Crippen molar-refractivity contribution < 1.29 is 4.74 Å². The predicted octanol–water partition coefficient (Wildman–Crippen LogP) is 7.31. The molecule has 5 rings (SSSR count). The number of hydrogen-bond acceptors (Lipinski definition) is 2. The average Bonchev–Trinajstić information content (AvgIpc) is 3.48. The molecule has 0 N–H and O–H groups in total. The Bertz CT molecular complexity index is 1270. The van der Waals surface area contributed by atoms with Gasteiger partial charge in [-0.2, -0.15) is 0 Å². The fourth-order valence-electron chi connectivity index (χ4n) is 6.37. The molecule has 35 heavy (non-hydrogen) atoms. The predicted molar refractivity (Wildman–Crippen MR) is 152 cm³/mol. The summed E-state index contributed by atoms with van der Waals surface area (Å²) >= 11 is 0. The lowest BCUT2D eigenvalue weighted by Crippen LogP contribution is -2.48. The molecule has 0 radical (unpaired) electrons. The van der Waals surface area contributed by atoms with Gasteiger partial charge in [-0.3, -0.25) is 0 Å². The van der Waals surface area contributed by atoms with Gasteiger partial charge in [0, 0.05) is 35.5 Å². The van der Waals surface area contributed by atoms with E-state index < -0.39 is 8.07 Å². The van der Waals surface area contributed by atoms with Crippen LogP contribution in [0.25, 0.3) is 16.8 Å². The van der Waals surface area contributed by atoms with Crippen LogP contribution in [0.3, 0.4) is 0 Å². The van der Waals surface area contributed by atoms with Crippen molar-refractivity contribution in [1.82, 2.24) is 4.90 Å². The molecule has 3 heteroatoms. The van der Waals surface area contributed by atoms with Crippen molar-refractivity contribution in [2.24, 2.45) is 0 Å². The first-order valence-electron chi connectivity index (χ1n) is 12.9. The molecule has 0 amide bonds. The maximum absolute atomic E-state index is 6.51. The number of fused-ring (bicyclic) bond motifs is 1. The molecule has 0 saturated carbocycles. The second-order valence-electron chi connectivity index (χ2n) is 10.6. The molecule has 2 aliphatic rings. The van der Waals surface area contributed by atoms with E-state index in [2.05, 4.69) is 105 Å². The molecule has 0 aromatic heterocycles. The maximum atomic E-state index is 6.51. The maximum Gasteiger partial charge on any atom is 0.126 e. The number of benzene rings is 3. The first kappa shape index (κ1) is 23.7. The van der Waals surface area contributed by atoms with Gasteiger partial charge in [-0.25, -0.2) is 0 Å². The molecule has 2 nitrogen and oxygen atoms in total. The van der Waals surface area contributed by atoms with E-state index in [4.69, 9.17) is 4.74 Å². The molecule has 1 heterocycles. The van der Waals surface area contributed by atoms with Crippen molar-refractivity contribution in [3.8, 4) is 16.9 Å². The fraction of sp³-hybridized carbons (Fsp3) is 0.312. The van der Waals surface area contributed by atoms with Crippen molar-refractivity contribution in [2.45, 2.75) is 45.3 Å². The van der Waals surface area contributed by atoms with Crippen molar-refractivity contribution >= 4 is 19.0 Å². The summed E-state index contributed by atoms with van der Waals surface area (Å²) in [4.78, 5) is 2.64. The number of aryl methyl sites for hydroxylation is 1. The Balaban J connectivity index is 1.71. The van der Waals surface area contributed by atoms with Gasteiger partial charge in [0.25, 0.3) is 0 Å². The third kappa shape index (κ3) is 4.16. The van der Waals surface area contributed by atoms with Crippen LogP contribution < -0.4 is 9.92 Å². The zero-order valence-electron chi connectivity index (χ0n) is 21.6. The molecule has 3 aromatic rings. The highest BCUT2D eigenvalue weighted by atomic mass is 28.3. The standard InChI is InChI=1S/C32H37NOSi/c1-6-20-34-31-28(25-14-8-7-9-15-25)21-23(2)22-29(31)35(4,5)32-24(3)30(33-18-12-13-19-33)26-16-10-11-17-27(26)32/h6-11,14-17,21-22,32H,1,12-13,18-20H2,2-5H3. The van der Waals surface area contributed by atoms with Gasteiger partial charge in [0.1, 0.15) is 12.4 Å². The van der Waals surface area contributed by atoms with Gasteiger partial charge in [0.15, 0.2) is 0 Å². The minimum absolute atomic E-state index is 0.422. The molecule has 3 aromatic carbocycles. The highest BCUT2D eigenvalue weighted by molar-refractivity contribution is 6.92. The SMILES string of the molecule is C=CCOc1c(-c2ccccc2)cc(C)cc1[Si](C)(C)C1C(C)=C(N2CCCC2)c2ccccc21. The van der Waals surface area contributed by atoms with Gasteiger partial charge < -0.3 is 9.64 Å². The number of hydrogen-bond donors (Lipinski definition) is 0. The van der Waals surface area contributed by atoms with Crippen LogP contribution in [0.15, 0.2) is 85.0 Å². The van der Waals surface area contributed by atoms with Crippen LogP contribution >= 0.6 is 0 Å². The van der Waals surface area contributed by atoms with Crippen molar-refractivity contribution in [2.75, 3.05) is 19.7 Å². The van der Waals surface area contributed by atoms with Crippen molar-refractivity contribution in [1.29, 1.82) is 0 Å². The summed E-state index contributed by atoms with van der Waals surface area (Å²) in [5.41, 5.74) is 10.1. The van der Waals surface area contributed by atoms with E-state index >= 15 is 0 Å². The van der Waals surface area contributed by atoms with E-state index in [1.54, 1.807) is 5.57 Å². The third-order valence-electron chi connectivity index (χ3n) is 7.84. The van der Waals surface area contributed by atoms with Crippen LogP contribution in [0.5, 0.6) is 5.75 Å². The molecule has 1 fully saturated rings. The molecular formula is C32H37NOSi. The first-order chi connectivity index (χ1) is 16.9. The number of nitrogens with zero attached hydrogens (tertiary/aromatic N) is 1. The molecule has 0 spiro atoms. The lowest BCUT2D eigenvalue weighted by Gasteiger charge is -2.35. The van der Waals surface area contributed by atoms with Crippen LogP contribution in [-0.4, -0.2) is 32.7 Å². The summed E-state index contributed by atoms with van der Waals surface area (Å²) in [6, 6.07) is 24.5. The normalized spacial score (nSPS) is 17.6. The van der Waals surface area contributed by atoms with Crippen molar-refractivity contribution in [3.63, 3.8) is 0 Å². The number of allylic oxidation sites excluding steroid dienone is 1. The summed E-state index contributed by atoms with van der Waals surface area (Å²) in [5, 5.41) is 1.40. The Labute approximate surface area is 212 Å². The molecule has 1 aliphatic heterocycles. The van der Waals surface area contributed by atoms with E-state index in [1.807, 2.05) is 6.08 Å². The minimum Gasteiger partial charge on any atom is -0.489 e. The number of likely N-dealkylation sites (tertiary alicyclic amines) is 1. The van der Waals surface area contributed by atoms with Crippen LogP contribution in [0.1, 0.15) is 42.0 Å². The zero-order chi connectivity index (χ0) is 24.6. The molecule has 1 saturated heterocycles. The third-order valence-corrected chi connectivity index (χ3v) is 11.8. The lowest BCUT2D eigenvalue weighted by molar-refractivity contribution is 0.367.